The Hall–Kier alpha value is -5.00. The minimum absolute atomic E-state index is 0.0804. The molecule has 3 aromatic carbocycles. The summed E-state index contributed by atoms with van der Waals surface area (Å²) >= 11 is 0. The van der Waals surface area contributed by atoms with Gasteiger partial charge in [0.1, 0.15) is 17.5 Å². The summed E-state index contributed by atoms with van der Waals surface area (Å²) in [5, 5.41) is 2.28. The monoisotopic (exact) mass is 579 g/mol. The first-order valence-electron chi connectivity index (χ1n) is 13.2. The number of hydrogen-bond acceptors (Lipinski definition) is 7. The number of methoxy groups -OCH3 is 1. The highest BCUT2D eigenvalue weighted by Gasteiger charge is 2.42. The largest absolute Gasteiger partial charge is 0.488 e. The molecule has 12 heteroatoms. The van der Waals surface area contributed by atoms with Crippen LogP contribution in [0.5, 0.6) is 17.2 Å². The smallest absolute Gasteiger partial charge is 0.418 e. The predicted molar refractivity (Wildman–Crippen MR) is 146 cm³/mol. The molecule has 0 radical (unpaired) electrons. The molecule has 0 saturated carbocycles. The Balaban J connectivity index is 1.51. The lowest BCUT2D eigenvalue weighted by molar-refractivity contribution is -0.136. The van der Waals surface area contributed by atoms with Crippen molar-refractivity contribution in [2.45, 2.75) is 45.4 Å². The predicted octanol–water partition coefficient (Wildman–Crippen LogP) is 5.21. The number of benzene rings is 3. The van der Waals surface area contributed by atoms with Crippen LogP contribution in [0.1, 0.15) is 42.6 Å². The van der Waals surface area contributed by atoms with Crippen LogP contribution in [0, 0.1) is 11.6 Å². The topological polar surface area (TPSA) is 114 Å². The van der Waals surface area contributed by atoms with E-state index in [4.69, 9.17) is 14.2 Å². The van der Waals surface area contributed by atoms with E-state index < -0.39 is 35.6 Å². The van der Waals surface area contributed by atoms with E-state index in [-0.39, 0.29) is 59.9 Å². The summed E-state index contributed by atoms with van der Waals surface area (Å²) in [7, 11) is 1.21. The van der Waals surface area contributed by atoms with E-state index in [9.17, 15) is 28.0 Å². The number of piperidine rings is 1. The van der Waals surface area contributed by atoms with Crippen LogP contribution in [-0.4, -0.2) is 48.0 Å². The SMILES string of the molecule is COC(=O)N(c1ccc(Oc2ccc(F)c(F)c2)cc1)c1ccc2c(c1OC(C)C)C(=O)N(C1CCC(=O)NC1=O)C2. The highest BCUT2D eigenvalue weighted by Crippen LogP contribution is 2.43. The van der Waals surface area contributed by atoms with Crippen molar-refractivity contribution in [1.82, 2.24) is 10.2 Å². The molecule has 5 rings (SSSR count). The van der Waals surface area contributed by atoms with E-state index in [0.717, 1.165) is 12.1 Å². The van der Waals surface area contributed by atoms with Crippen LogP contribution >= 0.6 is 0 Å². The molecule has 1 saturated heterocycles. The highest BCUT2D eigenvalue weighted by molar-refractivity contribution is 6.09. The molecule has 2 heterocycles. The Labute approximate surface area is 239 Å². The first kappa shape index (κ1) is 28.5. The molecule has 1 fully saturated rings. The van der Waals surface area contributed by atoms with Gasteiger partial charge in [-0.25, -0.2) is 18.5 Å². The lowest BCUT2D eigenvalue weighted by Gasteiger charge is -2.29. The first-order valence-corrected chi connectivity index (χ1v) is 13.2. The molecule has 2 aliphatic rings. The maximum absolute atomic E-state index is 13.7. The summed E-state index contributed by atoms with van der Waals surface area (Å²) in [5.74, 6) is -2.94. The number of halogens is 2. The average molecular weight is 580 g/mol. The molecule has 0 aromatic heterocycles. The zero-order valence-electron chi connectivity index (χ0n) is 23.0. The Bertz CT molecular complexity index is 1580. The third-order valence-corrected chi connectivity index (χ3v) is 6.80. The number of hydrogen-bond donors (Lipinski definition) is 1. The van der Waals surface area contributed by atoms with Gasteiger partial charge < -0.3 is 19.1 Å². The van der Waals surface area contributed by atoms with Gasteiger partial charge in [0.05, 0.1) is 30.2 Å². The van der Waals surface area contributed by atoms with E-state index in [2.05, 4.69) is 5.32 Å². The second-order valence-corrected chi connectivity index (χ2v) is 9.99. The molecule has 1 atom stereocenters. The maximum atomic E-state index is 13.7. The Morgan fingerprint density at radius 3 is 2.36 bits per heavy atom. The lowest BCUT2D eigenvalue weighted by Crippen LogP contribution is -2.52. The zero-order valence-corrected chi connectivity index (χ0v) is 23.0. The summed E-state index contributed by atoms with van der Waals surface area (Å²) in [4.78, 5) is 53.7. The first-order chi connectivity index (χ1) is 20.1. The molecule has 3 aromatic rings. The molecule has 218 valence electrons. The zero-order chi connectivity index (χ0) is 30.1. The molecule has 42 heavy (non-hydrogen) atoms. The van der Waals surface area contributed by atoms with Crippen molar-refractivity contribution < 1.29 is 42.2 Å². The molecule has 0 spiro atoms. The Morgan fingerprint density at radius 2 is 1.71 bits per heavy atom. The van der Waals surface area contributed by atoms with Crippen LogP contribution in [0.25, 0.3) is 0 Å². The van der Waals surface area contributed by atoms with Crippen LogP contribution in [0.15, 0.2) is 54.6 Å². The highest BCUT2D eigenvalue weighted by atomic mass is 19.2. The Kier molecular flexibility index (Phi) is 7.79. The van der Waals surface area contributed by atoms with Crippen molar-refractivity contribution in [3.8, 4) is 17.2 Å². The van der Waals surface area contributed by atoms with Crippen molar-refractivity contribution >= 4 is 35.2 Å². The van der Waals surface area contributed by atoms with E-state index in [1.54, 1.807) is 38.1 Å². The molecular weight excluding hydrogens is 552 g/mol. The van der Waals surface area contributed by atoms with Gasteiger partial charge in [-0.05, 0) is 68.3 Å². The number of rotatable bonds is 7. The molecule has 0 aliphatic carbocycles. The van der Waals surface area contributed by atoms with E-state index in [1.807, 2.05) is 0 Å². The fraction of sp³-hybridized carbons (Fsp3) is 0.267. The molecule has 1 unspecified atom stereocenters. The maximum Gasteiger partial charge on any atom is 0.418 e. The number of nitrogens with one attached hydrogen (secondary N) is 1. The summed E-state index contributed by atoms with van der Waals surface area (Å²) in [6.45, 7) is 3.67. The van der Waals surface area contributed by atoms with Crippen LogP contribution in [0.3, 0.4) is 0 Å². The minimum atomic E-state index is -1.05. The van der Waals surface area contributed by atoms with Gasteiger partial charge in [-0.1, -0.05) is 6.07 Å². The van der Waals surface area contributed by atoms with Gasteiger partial charge in [-0.2, -0.15) is 0 Å². The average Bonchev–Trinajstić information content (AvgIpc) is 3.28. The van der Waals surface area contributed by atoms with Gasteiger partial charge in [-0.3, -0.25) is 19.7 Å². The third kappa shape index (κ3) is 5.47. The molecule has 0 bridgehead atoms. The number of anilines is 2. The number of carbonyl (C=O) groups excluding carboxylic acids is 4. The van der Waals surface area contributed by atoms with Crippen LogP contribution in [0.2, 0.25) is 0 Å². The number of amides is 4. The van der Waals surface area contributed by atoms with Gasteiger partial charge in [0.2, 0.25) is 11.8 Å². The molecule has 4 amide bonds. The van der Waals surface area contributed by atoms with Crippen molar-refractivity contribution in [2.24, 2.45) is 0 Å². The summed E-state index contributed by atoms with van der Waals surface area (Å²) < 4.78 is 43.7. The lowest BCUT2D eigenvalue weighted by atomic mass is 10.0. The van der Waals surface area contributed by atoms with Crippen molar-refractivity contribution in [3.63, 3.8) is 0 Å². The second kappa shape index (κ2) is 11.5. The van der Waals surface area contributed by atoms with Gasteiger partial charge in [-0.15, -0.1) is 0 Å². The fourth-order valence-electron chi connectivity index (χ4n) is 4.91. The molecular formula is C30H27F2N3O7. The Morgan fingerprint density at radius 1 is 1.00 bits per heavy atom. The van der Waals surface area contributed by atoms with Gasteiger partial charge in [0.25, 0.3) is 5.91 Å². The van der Waals surface area contributed by atoms with Crippen LogP contribution in [0.4, 0.5) is 25.0 Å². The standard InChI is InChI=1S/C30H27F2N3O7/c1-16(2)41-27-23(11-4-17-15-34(29(38)26(17)27)24-12-13-25(36)33-28(24)37)35(30(39)40-3)18-5-7-19(8-6-18)42-20-9-10-21(31)22(32)14-20/h4-11,14,16,24H,12-13,15H2,1-3H3,(H,33,36,37). The van der Waals surface area contributed by atoms with E-state index in [1.165, 1.54) is 35.1 Å². The van der Waals surface area contributed by atoms with E-state index in [0.29, 0.717) is 11.3 Å². The summed E-state index contributed by atoms with van der Waals surface area (Å²) in [6.07, 6.45) is -0.849. The van der Waals surface area contributed by atoms with Gasteiger partial charge in [0, 0.05) is 19.0 Å². The van der Waals surface area contributed by atoms with Crippen molar-refractivity contribution in [3.05, 3.63) is 77.4 Å². The minimum Gasteiger partial charge on any atom is -0.488 e. The van der Waals surface area contributed by atoms with Gasteiger partial charge >= 0.3 is 6.09 Å². The number of imide groups is 1. The van der Waals surface area contributed by atoms with Gasteiger partial charge in [0.15, 0.2) is 17.4 Å². The van der Waals surface area contributed by atoms with Crippen LogP contribution < -0.4 is 19.7 Å². The number of nitrogens with zero attached hydrogens (tertiary/aromatic N) is 2. The summed E-state index contributed by atoms with van der Waals surface area (Å²) in [5.41, 5.74) is 1.37. The molecule has 1 N–H and O–H groups in total. The number of fused-ring (bicyclic) bond motifs is 1. The molecule has 2 aliphatic heterocycles. The van der Waals surface area contributed by atoms with Crippen molar-refractivity contribution in [2.75, 3.05) is 12.0 Å². The number of carbonyl (C=O) groups is 4. The second-order valence-electron chi connectivity index (χ2n) is 9.99. The van der Waals surface area contributed by atoms with Crippen molar-refractivity contribution in [1.29, 1.82) is 0 Å². The third-order valence-electron chi connectivity index (χ3n) is 6.80. The summed E-state index contributed by atoms with van der Waals surface area (Å²) in [6, 6.07) is 11.8. The normalized spacial score (nSPS) is 16.3. The quantitative estimate of drug-likeness (QED) is 0.382. The molecule has 10 nitrogen and oxygen atoms in total. The fourth-order valence-corrected chi connectivity index (χ4v) is 4.91. The number of ether oxygens (including phenoxy) is 3. The van der Waals surface area contributed by atoms with Crippen LogP contribution in [-0.2, 0) is 20.9 Å². The van der Waals surface area contributed by atoms with E-state index >= 15 is 0 Å².